The maximum absolute atomic E-state index is 12.2. The molecule has 0 aliphatic rings. The summed E-state index contributed by atoms with van der Waals surface area (Å²) >= 11 is 5.89. The Labute approximate surface area is 174 Å². The van der Waals surface area contributed by atoms with E-state index in [-0.39, 0.29) is 12.1 Å². The average Bonchev–Trinajstić information content (AvgIpc) is 2.63. The molecular formula is C21H23ClN2O5. The van der Waals surface area contributed by atoms with Gasteiger partial charge in [0.2, 0.25) is 0 Å². The van der Waals surface area contributed by atoms with Crippen LogP contribution < -0.4 is 10.6 Å². The smallest absolute Gasteiger partial charge is 0.412 e. The molecule has 2 amide bonds. The molecule has 0 atom stereocenters. The van der Waals surface area contributed by atoms with Crippen molar-refractivity contribution >= 4 is 35.3 Å². The highest BCUT2D eigenvalue weighted by Crippen LogP contribution is 2.14. The lowest BCUT2D eigenvalue weighted by Crippen LogP contribution is -2.28. The van der Waals surface area contributed by atoms with Crippen LogP contribution in [0.25, 0.3) is 0 Å². The van der Waals surface area contributed by atoms with Crippen molar-refractivity contribution < 1.29 is 23.9 Å². The van der Waals surface area contributed by atoms with Crippen molar-refractivity contribution in [2.45, 2.75) is 32.9 Å². The summed E-state index contributed by atoms with van der Waals surface area (Å²) in [4.78, 5) is 35.9. The number of ether oxygens (including phenoxy) is 2. The summed E-state index contributed by atoms with van der Waals surface area (Å²) in [6, 6.07) is 13.2. The molecule has 0 spiro atoms. The zero-order valence-electron chi connectivity index (χ0n) is 16.5. The molecular weight excluding hydrogens is 396 g/mol. The molecule has 2 rings (SSSR count). The summed E-state index contributed by atoms with van der Waals surface area (Å²) in [5.41, 5.74) is 0.761. The lowest BCUT2D eigenvalue weighted by atomic mass is 10.2. The quantitative estimate of drug-likeness (QED) is 0.687. The Morgan fingerprint density at radius 3 is 2.45 bits per heavy atom. The molecule has 0 fully saturated rings. The minimum absolute atomic E-state index is 0.196. The van der Waals surface area contributed by atoms with Crippen molar-refractivity contribution in [3.63, 3.8) is 0 Å². The van der Waals surface area contributed by atoms with Crippen LogP contribution in [0.15, 0.2) is 48.5 Å². The number of amides is 2. The first-order chi connectivity index (χ1) is 13.6. The molecule has 0 radical (unpaired) electrons. The van der Waals surface area contributed by atoms with Gasteiger partial charge in [0.05, 0.1) is 5.56 Å². The third kappa shape index (κ3) is 8.23. The minimum atomic E-state index is -0.684. The molecule has 154 valence electrons. The van der Waals surface area contributed by atoms with E-state index in [1.165, 1.54) is 12.1 Å². The molecule has 0 saturated carbocycles. The lowest BCUT2D eigenvalue weighted by molar-refractivity contribution is -0.124. The third-order valence-electron chi connectivity index (χ3n) is 3.46. The molecule has 0 aliphatic carbocycles. The third-order valence-corrected chi connectivity index (χ3v) is 3.69. The van der Waals surface area contributed by atoms with E-state index in [0.29, 0.717) is 10.7 Å². The summed E-state index contributed by atoms with van der Waals surface area (Å²) in [7, 11) is 0. The van der Waals surface area contributed by atoms with Gasteiger partial charge in [-0.05, 0) is 56.7 Å². The van der Waals surface area contributed by atoms with Crippen LogP contribution in [0.2, 0.25) is 5.02 Å². The fourth-order valence-corrected chi connectivity index (χ4v) is 2.47. The average molecular weight is 419 g/mol. The molecule has 0 aromatic heterocycles. The summed E-state index contributed by atoms with van der Waals surface area (Å²) in [6.07, 6.45) is -0.636. The number of rotatable bonds is 6. The van der Waals surface area contributed by atoms with Gasteiger partial charge in [-0.3, -0.25) is 10.1 Å². The van der Waals surface area contributed by atoms with Gasteiger partial charge in [0.1, 0.15) is 5.60 Å². The van der Waals surface area contributed by atoms with Crippen molar-refractivity contribution in [1.29, 1.82) is 0 Å². The van der Waals surface area contributed by atoms with Gasteiger partial charge >= 0.3 is 12.1 Å². The topological polar surface area (TPSA) is 93.7 Å². The molecule has 0 unspecified atom stereocenters. The Kier molecular flexibility index (Phi) is 7.61. The van der Waals surface area contributed by atoms with E-state index in [9.17, 15) is 14.4 Å². The summed E-state index contributed by atoms with van der Waals surface area (Å²) < 4.78 is 10.2. The molecule has 29 heavy (non-hydrogen) atoms. The number of nitrogens with one attached hydrogen (secondary N) is 2. The van der Waals surface area contributed by atoms with Crippen LogP contribution in [0.1, 0.15) is 36.7 Å². The molecule has 7 nitrogen and oxygen atoms in total. The molecule has 2 N–H and O–H groups in total. The Balaban J connectivity index is 1.84. The highest BCUT2D eigenvalue weighted by molar-refractivity contribution is 6.30. The number of hydrogen-bond acceptors (Lipinski definition) is 5. The van der Waals surface area contributed by atoms with Crippen LogP contribution >= 0.6 is 11.6 Å². The Morgan fingerprint density at radius 2 is 1.76 bits per heavy atom. The fourth-order valence-electron chi connectivity index (χ4n) is 2.26. The number of halogens is 1. The SMILES string of the molecule is CC(C)(C)OC(=O)Nc1cccc(C(=O)OCC(=O)NCc2cccc(Cl)c2)c1. The van der Waals surface area contributed by atoms with Gasteiger partial charge in [-0.15, -0.1) is 0 Å². The first kappa shape index (κ1) is 22.2. The second-order valence-corrected chi connectivity index (χ2v) is 7.63. The predicted octanol–water partition coefficient (Wildman–Crippen LogP) is 4.16. The normalized spacial score (nSPS) is 10.8. The lowest BCUT2D eigenvalue weighted by Gasteiger charge is -2.19. The first-order valence-corrected chi connectivity index (χ1v) is 9.28. The van der Waals surface area contributed by atoms with Gasteiger partial charge in [-0.1, -0.05) is 29.8 Å². The Bertz CT molecular complexity index is 893. The summed E-state index contributed by atoms with van der Waals surface area (Å²) in [6.45, 7) is 5.09. The maximum atomic E-state index is 12.2. The van der Waals surface area contributed by atoms with E-state index >= 15 is 0 Å². The molecule has 2 aromatic carbocycles. The van der Waals surface area contributed by atoms with E-state index in [1.807, 2.05) is 6.07 Å². The standard InChI is InChI=1S/C21H23ClN2O5/c1-21(2,3)29-20(27)24-17-9-5-7-15(11-17)19(26)28-13-18(25)23-12-14-6-4-8-16(22)10-14/h4-11H,12-13H2,1-3H3,(H,23,25)(H,24,27). The van der Waals surface area contributed by atoms with Crippen molar-refractivity contribution in [3.8, 4) is 0 Å². The van der Waals surface area contributed by atoms with Crippen LogP contribution in [-0.4, -0.2) is 30.2 Å². The molecule has 0 saturated heterocycles. The molecule has 0 bridgehead atoms. The zero-order chi connectivity index (χ0) is 21.4. The molecule has 0 aliphatic heterocycles. The Morgan fingerprint density at radius 1 is 1.03 bits per heavy atom. The summed E-state index contributed by atoms with van der Waals surface area (Å²) in [5, 5.41) is 5.76. The van der Waals surface area contributed by atoms with E-state index in [4.69, 9.17) is 21.1 Å². The number of hydrogen-bond donors (Lipinski definition) is 2. The van der Waals surface area contributed by atoms with Crippen LogP contribution in [0.3, 0.4) is 0 Å². The second-order valence-electron chi connectivity index (χ2n) is 7.19. The summed E-state index contributed by atoms with van der Waals surface area (Å²) in [5.74, 6) is -1.13. The largest absolute Gasteiger partial charge is 0.452 e. The van der Waals surface area contributed by atoms with E-state index in [2.05, 4.69) is 10.6 Å². The van der Waals surface area contributed by atoms with Crippen molar-refractivity contribution in [2.75, 3.05) is 11.9 Å². The first-order valence-electron chi connectivity index (χ1n) is 8.91. The minimum Gasteiger partial charge on any atom is -0.452 e. The highest BCUT2D eigenvalue weighted by Gasteiger charge is 2.17. The van der Waals surface area contributed by atoms with Crippen molar-refractivity contribution in [1.82, 2.24) is 5.32 Å². The fraction of sp³-hybridized carbons (Fsp3) is 0.286. The van der Waals surface area contributed by atoms with Gasteiger partial charge in [-0.2, -0.15) is 0 Å². The number of anilines is 1. The van der Waals surface area contributed by atoms with Gasteiger partial charge in [0.15, 0.2) is 6.61 Å². The monoisotopic (exact) mass is 418 g/mol. The van der Waals surface area contributed by atoms with E-state index in [1.54, 1.807) is 51.1 Å². The van der Waals surface area contributed by atoms with Crippen LogP contribution in [0.5, 0.6) is 0 Å². The van der Waals surface area contributed by atoms with Gasteiger partial charge in [0.25, 0.3) is 5.91 Å². The zero-order valence-corrected chi connectivity index (χ0v) is 17.2. The Hall–Kier alpha value is -3.06. The molecule has 2 aromatic rings. The van der Waals surface area contributed by atoms with Gasteiger partial charge in [-0.25, -0.2) is 9.59 Å². The van der Waals surface area contributed by atoms with E-state index in [0.717, 1.165) is 5.56 Å². The highest BCUT2D eigenvalue weighted by atomic mass is 35.5. The van der Waals surface area contributed by atoms with Crippen molar-refractivity contribution in [2.24, 2.45) is 0 Å². The van der Waals surface area contributed by atoms with Crippen LogP contribution in [-0.2, 0) is 20.8 Å². The number of benzene rings is 2. The van der Waals surface area contributed by atoms with E-state index < -0.39 is 30.2 Å². The van der Waals surface area contributed by atoms with Gasteiger partial charge in [0, 0.05) is 17.3 Å². The molecule has 8 heteroatoms. The second kappa shape index (κ2) is 9.93. The number of carbonyl (C=O) groups excluding carboxylic acids is 3. The van der Waals surface area contributed by atoms with Crippen LogP contribution in [0.4, 0.5) is 10.5 Å². The van der Waals surface area contributed by atoms with Gasteiger partial charge < -0.3 is 14.8 Å². The van der Waals surface area contributed by atoms with Crippen LogP contribution in [0, 0.1) is 0 Å². The number of esters is 1. The molecule has 0 heterocycles. The van der Waals surface area contributed by atoms with Crippen molar-refractivity contribution in [3.05, 3.63) is 64.7 Å². The maximum Gasteiger partial charge on any atom is 0.412 e. The predicted molar refractivity (Wildman–Crippen MR) is 110 cm³/mol. The number of carbonyl (C=O) groups is 3.